The van der Waals surface area contributed by atoms with Crippen LogP contribution in [0.3, 0.4) is 0 Å². The molecule has 0 aromatic carbocycles. The van der Waals surface area contributed by atoms with Crippen LogP contribution in [0, 0.1) is 23.7 Å². The summed E-state index contributed by atoms with van der Waals surface area (Å²) in [4.78, 5) is 72.6. The lowest BCUT2D eigenvalue weighted by Gasteiger charge is -2.21. The lowest BCUT2D eigenvalue weighted by Crippen LogP contribution is -2.30. The van der Waals surface area contributed by atoms with E-state index in [9.17, 15) is 43.2 Å². The summed E-state index contributed by atoms with van der Waals surface area (Å²) in [6.45, 7) is 14.1. The van der Waals surface area contributed by atoms with Crippen molar-refractivity contribution in [2.75, 3.05) is 39.6 Å². The zero-order valence-electron chi connectivity index (χ0n) is 59.5. The lowest BCUT2D eigenvalue weighted by molar-refractivity contribution is -0.161. The SMILES string of the molecule is CCC(C)CCCCCCCCCCCCC(=O)OC[C@H](COP(=O)(O)OCC(O)COP(=O)(O)OC[C@@H](COC(=O)CCCCCCCCCC(C)C)OC(=O)CCCCCCCCCCC(C)C)OC(=O)CCCCCCCCCCCCCCCC(C)C. The van der Waals surface area contributed by atoms with E-state index in [1.54, 1.807) is 0 Å². The van der Waals surface area contributed by atoms with E-state index >= 15 is 0 Å². The average molecular weight is 1340 g/mol. The molecule has 0 bridgehead atoms. The molecule has 0 rings (SSSR count). The monoisotopic (exact) mass is 1340 g/mol. The maximum Gasteiger partial charge on any atom is 0.472 e. The molecule has 0 aliphatic rings. The van der Waals surface area contributed by atoms with Crippen molar-refractivity contribution >= 4 is 39.5 Å². The molecule has 540 valence electrons. The lowest BCUT2D eigenvalue weighted by atomic mass is 9.99. The zero-order chi connectivity index (χ0) is 67.5. The molecule has 3 N–H and O–H groups in total. The Morgan fingerprint density at radius 3 is 0.780 bits per heavy atom. The number of phosphoric acid groups is 2. The van der Waals surface area contributed by atoms with Gasteiger partial charge in [-0.25, -0.2) is 9.13 Å². The molecular formula is C72H140O17P2. The summed E-state index contributed by atoms with van der Waals surface area (Å²) in [5.74, 6) is 0.891. The molecule has 0 fully saturated rings. The second-order valence-electron chi connectivity index (χ2n) is 27.6. The number of aliphatic hydroxyl groups is 1. The van der Waals surface area contributed by atoms with Crippen molar-refractivity contribution < 1.29 is 80.2 Å². The quantitative estimate of drug-likeness (QED) is 0.0222. The molecule has 17 nitrogen and oxygen atoms in total. The first-order valence-corrected chi connectivity index (χ1v) is 40.2. The minimum atomic E-state index is -4.96. The van der Waals surface area contributed by atoms with E-state index in [0.717, 1.165) is 114 Å². The van der Waals surface area contributed by atoms with Crippen LogP contribution in [0.15, 0.2) is 0 Å². The zero-order valence-corrected chi connectivity index (χ0v) is 61.3. The second-order valence-corrected chi connectivity index (χ2v) is 30.6. The van der Waals surface area contributed by atoms with Crippen molar-refractivity contribution in [1.29, 1.82) is 0 Å². The molecule has 0 aromatic heterocycles. The van der Waals surface area contributed by atoms with Crippen LogP contribution < -0.4 is 0 Å². The smallest absolute Gasteiger partial charge is 0.462 e. The third-order valence-electron chi connectivity index (χ3n) is 16.9. The highest BCUT2D eigenvalue weighted by Crippen LogP contribution is 2.45. The minimum Gasteiger partial charge on any atom is -0.462 e. The third kappa shape index (κ3) is 65.1. The van der Waals surface area contributed by atoms with Gasteiger partial charge in [-0.1, -0.05) is 306 Å². The highest BCUT2D eigenvalue weighted by Gasteiger charge is 2.30. The summed E-state index contributed by atoms with van der Waals surface area (Å²) in [5, 5.41) is 10.6. The summed E-state index contributed by atoms with van der Waals surface area (Å²) < 4.78 is 68.3. The maximum atomic E-state index is 13.0. The van der Waals surface area contributed by atoms with E-state index in [4.69, 9.17) is 37.0 Å². The number of phosphoric ester groups is 2. The highest BCUT2D eigenvalue weighted by molar-refractivity contribution is 7.47. The van der Waals surface area contributed by atoms with Gasteiger partial charge in [0.2, 0.25) is 0 Å². The molecule has 19 heteroatoms. The summed E-state index contributed by atoms with van der Waals surface area (Å²) >= 11 is 0. The van der Waals surface area contributed by atoms with Crippen LogP contribution in [0.1, 0.15) is 357 Å². The van der Waals surface area contributed by atoms with E-state index in [2.05, 4.69) is 55.4 Å². The summed E-state index contributed by atoms with van der Waals surface area (Å²) in [5.41, 5.74) is 0. The van der Waals surface area contributed by atoms with Crippen molar-refractivity contribution in [2.24, 2.45) is 23.7 Å². The summed E-state index contributed by atoms with van der Waals surface area (Å²) in [7, 11) is -9.91. The third-order valence-corrected chi connectivity index (χ3v) is 18.8. The number of hydrogen-bond donors (Lipinski definition) is 3. The molecule has 0 amide bonds. The molecule has 0 aliphatic heterocycles. The van der Waals surface area contributed by atoms with E-state index in [0.29, 0.717) is 31.6 Å². The van der Waals surface area contributed by atoms with Crippen LogP contribution in [0.25, 0.3) is 0 Å². The second kappa shape index (κ2) is 61.6. The Hall–Kier alpha value is -1.94. The van der Waals surface area contributed by atoms with Gasteiger partial charge >= 0.3 is 39.5 Å². The molecule has 0 aliphatic carbocycles. The van der Waals surface area contributed by atoms with Crippen molar-refractivity contribution in [3.8, 4) is 0 Å². The summed E-state index contributed by atoms with van der Waals surface area (Å²) in [6, 6.07) is 0. The first-order chi connectivity index (χ1) is 43.6. The Kier molecular flexibility index (Phi) is 60.3. The Bertz CT molecular complexity index is 1800. The van der Waals surface area contributed by atoms with Crippen LogP contribution in [0.2, 0.25) is 0 Å². The van der Waals surface area contributed by atoms with Crippen LogP contribution in [-0.2, 0) is 65.4 Å². The van der Waals surface area contributed by atoms with Gasteiger partial charge in [0, 0.05) is 25.7 Å². The van der Waals surface area contributed by atoms with Crippen LogP contribution >= 0.6 is 15.6 Å². The number of carbonyl (C=O) groups is 4. The fraction of sp³-hybridized carbons (Fsp3) is 0.944. The first kappa shape index (κ1) is 89.1. The van der Waals surface area contributed by atoms with Crippen molar-refractivity contribution in [3.05, 3.63) is 0 Å². The van der Waals surface area contributed by atoms with Crippen molar-refractivity contribution in [2.45, 2.75) is 375 Å². The first-order valence-electron chi connectivity index (χ1n) is 37.2. The Balaban J connectivity index is 5.26. The van der Waals surface area contributed by atoms with E-state index in [1.165, 1.54) is 154 Å². The van der Waals surface area contributed by atoms with Crippen molar-refractivity contribution in [1.82, 2.24) is 0 Å². The highest BCUT2D eigenvalue weighted by atomic mass is 31.2. The predicted molar refractivity (Wildman–Crippen MR) is 367 cm³/mol. The Morgan fingerprint density at radius 2 is 0.527 bits per heavy atom. The Morgan fingerprint density at radius 1 is 0.308 bits per heavy atom. The number of hydrogen-bond acceptors (Lipinski definition) is 15. The van der Waals surface area contributed by atoms with E-state index in [-0.39, 0.29) is 25.7 Å². The van der Waals surface area contributed by atoms with Gasteiger partial charge in [-0.3, -0.25) is 37.3 Å². The number of aliphatic hydroxyl groups excluding tert-OH is 1. The molecule has 0 radical (unpaired) electrons. The molecule has 0 saturated carbocycles. The fourth-order valence-corrected chi connectivity index (χ4v) is 12.4. The minimum absolute atomic E-state index is 0.103. The summed E-state index contributed by atoms with van der Waals surface area (Å²) in [6.07, 6.45) is 44.5. The predicted octanol–water partition coefficient (Wildman–Crippen LogP) is 20.5. The van der Waals surface area contributed by atoms with Gasteiger partial charge in [0.25, 0.3) is 0 Å². The fourth-order valence-electron chi connectivity index (χ4n) is 10.8. The molecular weight excluding hydrogens is 1200 g/mol. The molecule has 0 heterocycles. The molecule has 0 saturated heterocycles. The molecule has 0 spiro atoms. The van der Waals surface area contributed by atoms with Crippen LogP contribution in [-0.4, -0.2) is 96.7 Å². The largest absolute Gasteiger partial charge is 0.472 e. The van der Waals surface area contributed by atoms with Crippen molar-refractivity contribution in [3.63, 3.8) is 0 Å². The Labute approximate surface area is 556 Å². The van der Waals surface area contributed by atoms with Gasteiger partial charge in [0.05, 0.1) is 26.4 Å². The molecule has 91 heavy (non-hydrogen) atoms. The van der Waals surface area contributed by atoms with Gasteiger partial charge in [-0.05, 0) is 49.4 Å². The average Bonchev–Trinajstić information content (AvgIpc) is 3.68. The molecule has 4 unspecified atom stereocenters. The van der Waals surface area contributed by atoms with E-state index in [1.807, 2.05) is 0 Å². The van der Waals surface area contributed by atoms with Gasteiger partial charge in [0.15, 0.2) is 12.2 Å². The number of esters is 4. The van der Waals surface area contributed by atoms with E-state index < -0.39 is 97.5 Å². The number of unbranched alkanes of at least 4 members (excludes halogenated alkanes) is 34. The number of carbonyl (C=O) groups excluding carboxylic acids is 4. The van der Waals surface area contributed by atoms with Gasteiger partial charge < -0.3 is 33.8 Å². The maximum absolute atomic E-state index is 13.0. The van der Waals surface area contributed by atoms with Gasteiger partial charge in [-0.15, -0.1) is 0 Å². The number of ether oxygens (including phenoxy) is 4. The van der Waals surface area contributed by atoms with Gasteiger partial charge in [-0.2, -0.15) is 0 Å². The molecule has 6 atom stereocenters. The number of rotatable bonds is 69. The van der Waals surface area contributed by atoms with Crippen LogP contribution in [0.4, 0.5) is 0 Å². The topological polar surface area (TPSA) is 237 Å². The standard InChI is InChI=1S/C72H140O17P2/c1-9-65(8)51-43-35-27-18-15-16-19-28-36-44-52-69(74)82-58-67(88-71(76)54-46-38-29-20-14-12-10-11-13-17-24-32-40-48-62(2)3)60-86-90(78,79)84-56-66(73)57-85-91(80,81)87-61-68(59-83-70(75)53-45-37-31-23-26-34-42-50-64(6)7)89-72(77)55-47-39-30-22-21-25-33-41-49-63(4)5/h62-68,73H,9-61H2,1-8H3,(H,78,79)(H,80,81)/t65?,66?,67-,68-/m1/s1. The normalized spacial score (nSPS) is 14.5. The van der Waals surface area contributed by atoms with Gasteiger partial charge in [0.1, 0.15) is 19.3 Å². The molecule has 0 aromatic rings. The van der Waals surface area contributed by atoms with Crippen LogP contribution in [0.5, 0.6) is 0 Å².